The van der Waals surface area contributed by atoms with Gasteiger partial charge in [0.05, 0.1) is 29.8 Å². The molecule has 162 valence electrons. The molecule has 1 amide bonds. The van der Waals surface area contributed by atoms with Gasteiger partial charge in [0.2, 0.25) is 0 Å². The number of amides is 1. The van der Waals surface area contributed by atoms with E-state index in [-0.39, 0.29) is 5.56 Å². The Balaban J connectivity index is 1.67. The van der Waals surface area contributed by atoms with Crippen LogP contribution in [-0.4, -0.2) is 56.1 Å². The molecule has 0 radical (unpaired) electrons. The van der Waals surface area contributed by atoms with Crippen molar-refractivity contribution in [1.29, 1.82) is 0 Å². The van der Waals surface area contributed by atoms with Crippen molar-refractivity contribution in [2.75, 3.05) is 40.4 Å². The highest BCUT2D eigenvalue weighted by atomic mass is 79.9. The summed E-state index contributed by atoms with van der Waals surface area (Å²) in [6, 6.07) is 8.68. The SMILES string of the molecule is COc1ccc(CN2CCN(C(=O)c3ccccc3C(F)(F)F)CC2)c(Br)c1OC. The van der Waals surface area contributed by atoms with Crippen LogP contribution >= 0.6 is 15.9 Å². The number of benzene rings is 2. The lowest BCUT2D eigenvalue weighted by molar-refractivity contribution is -0.138. The molecular weight excluding hydrogens is 465 g/mol. The van der Waals surface area contributed by atoms with Crippen molar-refractivity contribution in [2.45, 2.75) is 12.7 Å². The molecule has 1 saturated heterocycles. The molecule has 5 nitrogen and oxygen atoms in total. The molecular formula is C21H22BrF3N2O3. The molecule has 0 unspecified atom stereocenters. The van der Waals surface area contributed by atoms with E-state index in [1.165, 1.54) is 23.1 Å². The van der Waals surface area contributed by atoms with Gasteiger partial charge in [0.25, 0.3) is 5.91 Å². The van der Waals surface area contributed by atoms with Gasteiger partial charge >= 0.3 is 6.18 Å². The molecule has 0 N–H and O–H groups in total. The summed E-state index contributed by atoms with van der Waals surface area (Å²) in [7, 11) is 3.13. The van der Waals surface area contributed by atoms with Gasteiger partial charge in [-0.2, -0.15) is 13.2 Å². The van der Waals surface area contributed by atoms with Crippen molar-refractivity contribution < 1.29 is 27.4 Å². The summed E-state index contributed by atoms with van der Waals surface area (Å²) in [5.41, 5.74) is -0.206. The van der Waals surface area contributed by atoms with E-state index in [4.69, 9.17) is 9.47 Å². The second kappa shape index (κ2) is 9.26. The quantitative estimate of drug-likeness (QED) is 0.626. The van der Waals surface area contributed by atoms with Gasteiger partial charge in [-0.3, -0.25) is 9.69 Å². The number of rotatable bonds is 5. The van der Waals surface area contributed by atoms with Gasteiger partial charge in [-0.1, -0.05) is 18.2 Å². The van der Waals surface area contributed by atoms with Crippen LogP contribution in [0.25, 0.3) is 0 Å². The second-order valence-corrected chi connectivity index (χ2v) is 7.68. The van der Waals surface area contributed by atoms with Crippen LogP contribution in [0.4, 0.5) is 13.2 Å². The number of hydrogen-bond acceptors (Lipinski definition) is 4. The molecule has 2 aromatic rings. The van der Waals surface area contributed by atoms with E-state index in [1.54, 1.807) is 14.2 Å². The zero-order valence-electron chi connectivity index (χ0n) is 16.6. The molecule has 3 rings (SSSR count). The first-order chi connectivity index (χ1) is 14.3. The number of piperazine rings is 1. The largest absolute Gasteiger partial charge is 0.493 e. The van der Waals surface area contributed by atoms with Crippen molar-refractivity contribution in [3.8, 4) is 11.5 Å². The van der Waals surface area contributed by atoms with Gasteiger partial charge in [0, 0.05) is 32.7 Å². The number of alkyl halides is 3. The van der Waals surface area contributed by atoms with Crippen molar-refractivity contribution in [3.05, 3.63) is 57.6 Å². The van der Waals surface area contributed by atoms with Crippen molar-refractivity contribution >= 4 is 21.8 Å². The molecule has 0 aliphatic carbocycles. The minimum absolute atomic E-state index is 0.305. The van der Waals surface area contributed by atoms with Gasteiger partial charge < -0.3 is 14.4 Å². The van der Waals surface area contributed by atoms with Crippen LogP contribution in [0.15, 0.2) is 40.9 Å². The highest BCUT2D eigenvalue weighted by Crippen LogP contribution is 2.38. The Hall–Kier alpha value is -2.26. The van der Waals surface area contributed by atoms with E-state index in [1.807, 2.05) is 12.1 Å². The number of carbonyl (C=O) groups excluding carboxylic acids is 1. The smallest absolute Gasteiger partial charge is 0.417 e. The Bertz CT molecular complexity index is 913. The first kappa shape index (κ1) is 22.4. The number of halogens is 4. The highest BCUT2D eigenvalue weighted by molar-refractivity contribution is 9.10. The third kappa shape index (κ3) is 4.73. The average molecular weight is 487 g/mol. The fourth-order valence-corrected chi connectivity index (χ4v) is 4.10. The fourth-order valence-electron chi connectivity index (χ4n) is 3.49. The van der Waals surface area contributed by atoms with Crippen molar-refractivity contribution in [3.63, 3.8) is 0 Å². The first-order valence-corrected chi connectivity index (χ1v) is 10.1. The van der Waals surface area contributed by atoms with E-state index in [2.05, 4.69) is 20.8 Å². The molecule has 1 aliphatic heterocycles. The number of carbonyl (C=O) groups is 1. The molecule has 1 aliphatic rings. The summed E-state index contributed by atoms with van der Waals surface area (Å²) in [6.45, 7) is 2.44. The minimum Gasteiger partial charge on any atom is -0.493 e. The van der Waals surface area contributed by atoms with Crippen LogP contribution in [0, 0.1) is 0 Å². The topological polar surface area (TPSA) is 42.0 Å². The molecule has 1 heterocycles. The zero-order valence-corrected chi connectivity index (χ0v) is 18.2. The van der Waals surface area contributed by atoms with E-state index < -0.39 is 17.6 Å². The number of nitrogens with zero attached hydrogens (tertiary/aromatic N) is 2. The molecule has 0 aromatic heterocycles. The van der Waals surface area contributed by atoms with Crippen molar-refractivity contribution in [1.82, 2.24) is 9.80 Å². The van der Waals surface area contributed by atoms with Gasteiger partial charge in [0.1, 0.15) is 0 Å². The maximum atomic E-state index is 13.2. The number of methoxy groups -OCH3 is 2. The van der Waals surface area contributed by atoms with E-state index in [0.29, 0.717) is 44.2 Å². The lowest BCUT2D eigenvalue weighted by Gasteiger charge is -2.35. The lowest BCUT2D eigenvalue weighted by Crippen LogP contribution is -2.48. The normalized spacial score (nSPS) is 15.2. The Kier molecular flexibility index (Phi) is 6.92. The molecule has 9 heteroatoms. The fraction of sp³-hybridized carbons (Fsp3) is 0.381. The summed E-state index contributed by atoms with van der Waals surface area (Å²) in [5.74, 6) is 0.634. The Morgan fingerprint density at radius 1 is 1.03 bits per heavy atom. The van der Waals surface area contributed by atoms with E-state index in [0.717, 1.165) is 16.1 Å². The number of ether oxygens (including phenoxy) is 2. The second-order valence-electron chi connectivity index (χ2n) is 6.89. The predicted molar refractivity (Wildman–Crippen MR) is 110 cm³/mol. The molecule has 0 bridgehead atoms. The van der Waals surface area contributed by atoms with E-state index >= 15 is 0 Å². The summed E-state index contributed by atoms with van der Waals surface area (Å²) in [6.07, 6.45) is -4.56. The highest BCUT2D eigenvalue weighted by Gasteiger charge is 2.36. The van der Waals surface area contributed by atoms with E-state index in [9.17, 15) is 18.0 Å². The summed E-state index contributed by atoms with van der Waals surface area (Å²) < 4.78 is 51.2. The van der Waals surface area contributed by atoms with Crippen LogP contribution in [0.5, 0.6) is 11.5 Å². The minimum atomic E-state index is -4.56. The third-order valence-corrected chi connectivity index (χ3v) is 5.95. The monoisotopic (exact) mass is 486 g/mol. The van der Waals surface area contributed by atoms with Gasteiger partial charge in [0.15, 0.2) is 11.5 Å². The third-order valence-electron chi connectivity index (χ3n) is 5.08. The maximum Gasteiger partial charge on any atom is 0.417 e. The average Bonchev–Trinajstić information content (AvgIpc) is 2.74. The van der Waals surface area contributed by atoms with Crippen LogP contribution in [-0.2, 0) is 12.7 Å². The Morgan fingerprint density at radius 3 is 2.30 bits per heavy atom. The van der Waals surface area contributed by atoms with Crippen molar-refractivity contribution in [2.24, 2.45) is 0 Å². The zero-order chi connectivity index (χ0) is 21.9. The van der Waals surface area contributed by atoms with Gasteiger partial charge in [-0.25, -0.2) is 0 Å². The molecule has 30 heavy (non-hydrogen) atoms. The summed E-state index contributed by atoms with van der Waals surface area (Å²) >= 11 is 3.55. The van der Waals surface area contributed by atoms with Crippen LogP contribution in [0.3, 0.4) is 0 Å². The summed E-state index contributed by atoms with van der Waals surface area (Å²) in [5, 5.41) is 0. The van der Waals surface area contributed by atoms with Crippen LogP contribution in [0.2, 0.25) is 0 Å². The Labute approximate surface area is 181 Å². The van der Waals surface area contributed by atoms with Gasteiger partial charge in [-0.15, -0.1) is 0 Å². The van der Waals surface area contributed by atoms with Gasteiger partial charge in [-0.05, 0) is 39.7 Å². The molecule has 1 fully saturated rings. The Morgan fingerprint density at radius 2 is 1.70 bits per heavy atom. The van der Waals surface area contributed by atoms with Crippen LogP contribution in [0.1, 0.15) is 21.5 Å². The standard InChI is InChI=1S/C21H22BrF3N2O3/c1-29-17-8-7-14(18(22)19(17)30-2)13-26-9-11-27(12-10-26)20(28)15-5-3-4-6-16(15)21(23,24)25/h3-8H,9-13H2,1-2H3. The molecule has 0 saturated carbocycles. The van der Waals surface area contributed by atoms with Crippen LogP contribution < -0.4 is 9.47 Å². The molecule has 0 atom stereocenters. The maximum absolute atomic E-state index is 13.2. The summed E-state index contributed by atoms with van der Waals surface area (Å²) in [4.78, 5) is 16.3. The molecule has 2 aromatic carbocycles. The number of hydrogen-bond donors (Lipinski definition) is 0. The first-order valence-electron chi connectivity index (χ1n) is 9.33. The predicted octanol–water partition coefficient (Wildman–Crippen LogP) is 4.44. The lowest BCUT2D eigenvalue weighted by atomic mass is 10.1. The molecule has 0 spiro atoms.